The molecule has 2 rings (SSSR count). The zero-order valence-corrected chi connectivity index (χ0v) is 11.5. The third kappa shape index (κ3) is 1.99. The van der Waals surface area contributed by atoms with E-state index in [1.807, 2.05) is 0 Å². The van der Waals surface area contributed by atoms with Crippen molar-refractivity contribution in [1.82, 2.24) is 4.98 Å². The van der Waals surface area contributed by atoms with Crippen molar-refractivity contribution in [3.8, 4) is 0 Å². The highest BCUT2D eigenvalue weighted by molar-refractivity contribution is 9.10. The maximum Gasteiger partial charge on any atom is 0.110 e. The molecule has 0 N–H and O–H groups in total. The van der Waals surface area contributed by atoms with E-state index in [-0.39, 0.29) is 0 Å². The van der Waals surface area contributed by atoms with Crippen LogP contribution in [0, 0.1) is 0 Å². The monoisotopic (exact) mass is 277 g/mol. The van der Waals surface area contributed by atoms with E-state index in [2.05, 4.69) is 66.0 Å². The number of aromatic nitrogens is 1. The minimum Gasteiger partial charge on any atom is -0.240 e. The normalized spacial score (nSPS) is 11.3. The highest BCUT2D eigenvalue weighted by Gasteiger charge is 2.09. The first-order valence-corrected chi connectivity index (χ1v) is 6.50. The Balaban J connectivity index is 2.73. The lowest BCUT2D eigenvalue weighted by molar-refractivity contribution is 0.853. The summed E-state index contributed by atoms with van der Waals surface area (Å²) in [6, 6.07) is 8.65. The van der Waals surface area contributed by atoms with Gasteiger partial charge >= 0.3 is 0 Å². The molecular weight excluding hydrogens is 262 g/mol. The molecule has 1 aromatic heterocycles. The molecule has 0 unspecified atom stereocenters. The number of aryl methyl sites for hydroxylation is 1. The molecule has 0 amide bonds. The van der Waals surface area contributed by atoms with Gasteiger partial charge in [0.15, 0.2) is 0 Å². The largest absolute Gasteiger partial charge is 0.240 e. The first-order chi connectivity index (χ1) is 7.63. The van der Waals surface area contributed by atoms with Crippen LogP contribution in [0.3, 0.4) is 0 Å². The first kappa shape index (κ1) is 11.6. The van der Waals surface area contributed by atoms with E-state index in [9.17, 15) is 0 Å². The maximum absolute atomic E-state index is 4.68. The molecule has 2 aromatic rings. The van der Waals surface area contributed by atoms with Gasteiger partial charge in [0.05, 0.1) is 5.52 Å². The van der Waals surface area contributed by atoms with Crippen LogP contribution in [0.25, 0.3) is 10.9 Å². The van der Waals surface area contributed by atoms with E-state index in [1.54, 1.807) is 0 Å². The lowest BCUT2D eigenvalue weighted by atomic mass is 10.0. The van der Waals surface area contributed by atoms with Crippen LogP contribution in [-0.4, -0.2) is 4.98 Å². The quantitative estimate of drug-likeness (QED) is 0.727. The van der Waals surface area contributed by atoms with E-state index in [1.165, 1.54) is 16.5 Å². The average Bonchev–Trinajstić information content (AvgIpc) is 2.27. The Morgan fingerprint density at radius 1 is 1.31 bits per heavy atom. The molecule has 0 bridgehead atoms. The van der Waals surface area contributed by atoms with Crippen LogP contribution < -0.4 is 0 Å². The van der Waals surface area contributed by atoms with Crippen molar-refractivity contribution >= 4 is 26.8 Å². The van der Waals surface area contributed by atoms with Crippen LogP contribution in [-0.2, 0) is 6.42 Å². The van der Waals surface area contributed by atoms with Gasteiger partial charge in [-0.15, -0.1) is 0 Å². The second-order valence-corrected chi connectivity index (χ2v) is 5.12. The van der Waals surface area contributed by atoms with Crippen molar-refractivity contribution in [2.24, 2.45) is 0 Å². The lowest BCUT2D eigenvalue weighted by Crippen LogP contribution is -1.95. The number of nitrogens with zero attached hydrogens (tertiary/aromatic N) is 1. The molecule has 0 aliphatic heterocycles. The molecule has 0 atom stereocenters. The summed E-state index contributed by atoms with van der Waals surface area (Å²) in [6.45, 7) is 6.55. The van der Waals surface area contributed by atoms with Gasteiger partial charge in [-0.25, -0.2) is 4.98 Å². The molecule has 1 heterocycles. The Labute approximate surface area is 105 Å². The van der Waals surface area contributed by atoms with Crippen LogP contribution in [0.5, 0.6) is 0 Å². The molecule has 2 heteroatoms. The van der Waals surface area contributed by atoms with Gasteiger partial charge in [-0.2, -0.15) is 0 Å². The molecule has 84 valence electrons. The number of hydrogen-bond donors (Lipinski definition) is 0. The summed E-state index contributed by atoms with van der Waals surface area (Å²) in [5.41, 5.74) is 3.72. The zero-order valence-electron chi connectivity index (χ0n) is 9.92. The summed E-state index contributed by atoms with van der Waals surface area (Å²) in [6.07, 6.45) is 1.03. The Kier molecular flexibility index (Phi) is 3.29. The maximum atomic E-state index is 4.68. The van der Waals surface area contributed by atoms with Crippen molar-refractivity contribution in [3.05, 3.63) is 40.0 Å². The van der Waals surface area contributed by atoms with Crippen LogP contribution in [0.2, 0.25) is 0 Å². The smallest absolute Gasteiger partial charge is 0.110 e. The summed E-state index contributed by atoms with van der Waals surface area (Å²) in [5, 5.41) is 1.24. The molecule has 16 heavy (non-hydrogen) atoms. The number of hydrogen-bond acceptors (Lipinski definition) is 1. The molecule has 0 saturated carbocycles. The van der Waals surface area contributed by atoms with E-state index < -0.39 is 0 Å². The average molecular weight is 278 g/mol. The van der Waals surface area contributed by atoms with Crippen molar-refractivity contribution in [3.63, 3.8) is 0 Å². The summed E-state index contributed by atoms with van der Waals surface area (Å²) in [5.74, 6) is 0.497. The van der Waals surface area contributed by atoms with Crippen LogP contribution in [0.15, 0.2) is 28.9 Å². The molecule has 1 aromatic carbocycles. The molecule has 0 spiro atoms. The summed E-state index contributed by atoms with van der Waals surface area (Å²) >= 11 is 3.57. The van der Waals surface area contributed by atoms with E-state index in [0.29, 0.717) is 5.92 Å². The third-order valence-electron chi connectivity index (χ3n) is 2.91. The van der Waals surface area contributed by atoms with Crippen molar-refractivity contribution in [2.75, 3.05) is 0 Å². The van der Waals surface area contributed by atoms with Gasteiger partial charge in [-0.1, -0.05) is 39.0 Å². The van der Waals surface area contributed by atoms with Crippen molar-refractivity contribution in [2.45, 2.75) is 33.1 Å². The van der Waals surface area contributed by atoms with Gasteiger partial charge in [0.1, 0.15) is 4.60 Å². The van der Waals surface area contributed by atoms with Crippen molar-refractivity contribution in [1.29, 1.82) is 0 Å². The van der Waals surface area contributed by atoms with Gasteiger partial charge in [-0.3, -0.25) is 0 Å². The molecule has 0 radical (unpaired) electrons. The molecule has 0 fully saturated rings. The summed E-state index contributed by atoms with van der Waals surface area (Å²) in [7, 11) is 0. The van der Waals surface area contributed by atoms with Gasteiger partial charge in [0, 0.05) is 5.39 Å². The molecule has 0 aliphatic carbocycles. The van der Waals surface area contributed by atoms with Gasteiger partial charge < -0.3 is 0 Å². The number of benzene rings is 1. The van der Waals surface area contributed by atoms with E-state index in [0.717, 1.165) is 16.5 Å². The van der Waals surface area contributed by atoms with E-state index in [4.69, 9.17) is 0 Å². The third-order valence-corrected chi connectivity index (χ3v) is 3.55. The minimum absolute atomic E-state index is 0.497. The molecule has 0 saturated heterocycles. The van der Waals surface area contributed by atoms with Crippen LogP contribution in [0.4, 0.5) is 0 Å². The van der Waals surface area contributed by atoms with Gasteiger partial charge in [-0.05, 0) is 45.5 Å². The predicted molar refractivity (Wildman–Crippen MR) is 72.9 cm³/mol. The van der Waals surface area contributed by atoms with E-state index >= 15 is 0 Å². The highest BCUT2D eigenvalue weighted by atomic mass is 79.9. The first-order valence-electron chi connectivity index (χ1n) is 5.71. The summed E-state index contributed by atoms with van der Waals surface area (Å²) in [4.78, 5) is 4.68. The fraction of sp³-hybridized carbons (Fsp3) is 0.357. The topological polar surface area (TPSA) is 12.9 Å². The van der Waals surface area contributed by atoms with Crippen molar-refractivity contribution < 1.29 is 0 Å². The number of rotatable bonds is 2. The fourth-order valence-electron chi connectivity index (χ4n) is 1.94. The lowest BCUT2D eigenvalue weighted by Gasteiger charge is -2.11. The number of halogens is 1. The second kappa shape index (κ2) is 4.54. The van der Waals surface area contributed by atoms with Crippen LogP contribution in [0.1, 0.15) is 37.8 Å². The Bertz CT molecular complexity index is 517. The SMILES string of the molecule is CCc1cccc2cc(C(C)C)c(Br)nc12. The fourth-order valence-corrected chi connectivity index (χ4v) is 2.69. The number of pyridine rings is 1. The predicted octanol–water partition coefficient (Wildman–Crippen LogP) is 4.68. The van der Waals surface area contributed by atoms with Gasteiger partial charge in [0.2, 0.25) is 0 Å². The highest BCUT2D eigenvalue weighted by Crippen LogP contribution is 2.28. The zero-order chi connectivity index (χ0) is 11.7. The molecule has 1 nitrogen and oxygen atoms in total. The second-order valence-electron chi connectivity index (χ2n) is 4.37. The Morgan fingerprint density at radius 3 is 2.69 bits per heavy atom. The summed E-state index contributed by atoms with van der Waals surface area (Å²) < 4.78 is 0.982. The minimum atomic E-state index is 0.497. The number of fused-ring (bicyclic) bond motifs is 1. The Hall–Kier alpha value is -0.890. The molecule has 0 aliphatic rings. The van der Waals surface area contributed by atoms with Crippen LogP contribution >= 0.6 is 15.9 Å². The number of para-hydroxylation sites is 1. The Morgan fingerprint density at radius 2 is 2.06 bits per heavy atom. The van der Waals surface area contributed by atoms with Gasteiger partial charge in [0.25, 0.3) is 0 Å². The molecular formula is C14H16BrN. The standard InChI is InChI=1S/C14H16BrN/c1-4-10-6-5-7-11-8-12(9(2)3)14(15)16-13(10)11/h5-9H,4H2,1-3H3.